The first-order valence-corrected chi connectivity index (χ1v) is 8.45. The van der Waals surface area contributed by atoms with Crippen molar-refractivity contribution in [3.8, 4) is 0 Å². The summed E-state index contributed by atoms with van der Waals surface area (Å²) in [7, 11) is 0. The zero-order valence-electron chi connectivity index (χ0n) is 15.2. The number of pyridine rings is 1. The summed E-state index contributed by atoms with van der Waals surface area (Å²) < 4.78 is 0. The third-order valence-corrected chi connectivity index (χ3v) is 3.47. The Morgan fingerprint density at radius 3 is 2.62 bits per heavy atom. The average Bonchev–Trinajstić information content (AvgIpc) is 2.63. The zero-order chi connectivity index (χ0) is 17.9. The number of rotatable bonds is 7. The van der Waals surface area contributed by atoms with Gasteiger partial charge in [0.05, 0.1) is 12.1 Å². The number of carbonyl (C=O) groups excluding carboxylic acids is 1. The molecule has 0 saturated heterocycles. The van der Waals surface area contributed by atoms with E-state index in [0.717, 1.165) is 12.5 Å². The molecule has 0 saturated carbocycles. The summed E-state index contributed by atoms with van der Waals surface area (Å²) in [5.74, 6) is 0.608. The number of guanidine groups is 1. The quantitative estimate of drug-likeness (QED) is 0.253. The highest BCUT2D eigenvalue weighted by Gasteiger charge is 2.04. The van der Waals surface area contributed by atoms with Gasteiger partial charge in [-0.15, -0.1) is 24.0 Å². The fourth-order valence-electron chi connectivity index (χ4n) is 2.28. The number of nitrogens with one attached hydrogen (secondary N) is 3. The highest BCUT2D eigenvalue weighted by molar-refractivity contribution is 14.0. The number of benzene rings is 1. The zero-order valence-corrected chi connectivity index (χ0v) is 17.5. The molecule has 7 heteroatoms. The number of aryl methyl sites for hydroxylation is 1. The van der Waals surface area contributed by atoms with Crippen LogP contribution in [0.2, 0.25) is 0 Å². The molecule has 0 bridgehead atoms. The molecule has 0 fully saturated rings. The fourth-order valence-corrected chi connectivity index (χ4v) is 2.28. The molecule has 0 aliphatic heterocycles. The molecule has 1 aromatic carbocycles. The number of amides is 1. The minimum Gasteiger partial charge on any atom is -0.357 e. The highest BCUT2D eigenvalue weighted by atomic mass is 127. The molecule has 2 aromatic rings. The van der Waals surface area contributed by atoms with Crippen molar-refractivity contribution in [3.05, 3.63) is 65.5 Å². The fraction of sp³-hybridized carbons (Fsp3) is 0.316. The molecule has 0 unspecified atom stereocenters. The van der Waals surface area contributed by atoms with Gasteiger partial charge in [0.15, 0.2) is 5.96 Å². The van der Waals surface area contributed by atoms with Crippen LogP contribution in [0.3, 0.4) is 0 Å². The van der Waals surface area contributed by atoms with E-state index in [1.54, 1.807) is 24.5 Å². The predicted molar refractivity (Wildman–Crippen MR) is 116 cm³/mol. The molecule has 0 spiro atoms. The van der Waals surface area contributed by atoms with Crippen molar-refractivity contribution < 1.29 is 4.79 Å². The molecule has 0 atom stereocenters. The Balaban J connectivity index is 0.00000338. The summed E-state index contributed by atoms with van der Waals surface area (Å²) in [6, 6.07) is 11.8. The monoisotopic (exact) mass is 467 g/mol. The van der Waals surface area contributed by atoms with E-state index < -0.39 is 0 Å². The van der Waals surface area contributed by atoms with Crippen molar-refractivity contribution >= 4 is 35.8 Å². The van der Waals surface area contributed by atoms with Gasteiger partial charge >= 0.3 is 0 Å². The molecular weight excluding hydrogens is 441 g/mol. The molecule has 140 valence electrons. The van der Waals surface area contributed by atoms with Crippen LogP contribution >= 0.6 is 24.0 Å². The van der Waals surface area contributed by atoms with E-state index in [4.69, 9.17) is 0 Å². The van der Waals surface area contributed by atoms with E-state index in [1.807, 2.05) is 13.0 Å². The number of aliphatic imine (C=N–C) groups is 1. The smallest absolute Gasteiger partial charge is 0.252 e. The number of hydrogen-bond donors (Lipinski definition) is 3. The Hall–Kier alpha value is -2.16. The standard InChI is InChI=1S/C19H25N5O.HI/c1-3-21-19(24-13-16-7-4-6-15(2)12-16)23-11-10-22-18(25)17-8-5-9-20-14-17;/h4-9,12,14H,3,10-11,13H2,1-2H3,(H,22,25)(H2,21,23,24);1H. The van der Waals surface area contributed by atoms with Gasteiger partial charge in [-0.25, -0.2) is 4.99 Å². The van der Waals surface area contributed by atoms with Crippen LogP contribution in [0, 0.1) is 6.92 Å². The maximum Gasteiger partial charge on any atom is 0.252 e. The van der Waals surface area contributed by atoms with Gasteiger partial charge in [-0.2, -0.15) is 0 Å². The lowest BCUT2D eigenvalue weighted by molar-refractivity contribution is 0.0954. The first kappa shape index (κ1) is 21.9. The van der Waals surface area contributed by atoms with Gasteiger partial charge in [0.25, 0.3) is 5.91 Å². The van der Waals surface area contributed by atoms with Crippen LogP contribution in [0.15, 0.2) is 53.8 Å². The highest BCUT2D eigenvalue weighted by Crippen LogP contribution is 2.04. The number of hydrogen-bond acceptors (Lipinski definition) is 3. The number of nitrogens with zero attached hydrogens (tertiary/aromatic N) is 2. The van der Waals surface area contributed by atoms with Crippen LogP contribution in [0.1, 0.15) is 28.4 Å². The SMILES string of the molecule is CCNC(=NCc1cccc(C)c1)NCCNC(=O)c1cccnc1.I. The normalized spacial score (nSPS) is 10.6. The second-order valence-corrected chi connectivity index (χ2v) is 5.61. The molecule has 0 aliphatic carbocycles. The molecule has 3 N–H and O–H groups in total. The molecule has 0 aliphatic rings. The van der Waals surface area contributed by atoms with Gasteiger partial charge in [-0.1, -0.05) is 29.8 Å². The van der Waals surface area contributed by atoms with Crippen LogP contribution in [-0.4, -0.2) is 36.5 Å². The minimum atomic E-state index is -0.128. The van der Waals surface area contributed by atoms with Gasteiger partial charge in [0, 0.05) is 32.0 Å². The number of halogens is 1. The molecular formula is C19H26IN5O. The van der Waals surface area contributed by atoms with Crippen molar-refractivity contribution in [3.63, 3.8) is 0 Å². The van der Waals surface area contributed by atoms with Crippen LogP contribution in [0.4, 0.5) is 0 Å². The van der Waals surface area contributed by atoms with Crippen molar-refractivity contribution in [2.45, 2.75) is 20.4 Å². The first-order chi connectivity index (χ1) is 12.2. The van der Waals surface area contributed by atoms with E-state index in [9.17, 15) is 4.79 Å². The topological polar surface area (TPSA) is 78.4 Å². The van der Waals surface area contributed by atoms with Gasteiger partial charge in [0.2, 0.25) is 0 Å². The van der Waals surface area contributed by atoms with Crippen LogP contribution in [0.25, 0.3) is 0 Å². The number of carbonyl (C=O) groups is 1. The molecule has 26 heavy (non-hydrogen) atoms. The van der Waals surface area contributed by atoms with E-state index in [0.29, 0.717) is 25.2 Å². The van der Waals surface area contributed by atoms with Crippen LogP contribution in [0.5, 0.6) is 0 Å². The lowest BCUT2D eigenvalue weighted by Crippen LogP contribution is -2.41. The first-order valence-electron chi connectivity index (χ1n) is 8.45. The van der Waals surface area contributed by atoms with Crippen molar-refractivity contribution in [1.29, 1.82) is 0 Å². The second-order valence-electron chi connectivity index (χ2n) is 5.61. The van der Waals surface area contributed by atoms with E-state index in [2.05, 4.69) is 51.0 Å². The third-order valence-electron chi connectivity index (χ3n) is 3.47. The second kappa shape index (κ2) is 12.2. The molecule has 1 aromatic heterocycles. The Labute approximate surface area is 171 Å². The summed E-state index contributed by atoms with van der Waals surface area (Å²) in [4.78, 5) is 20.4. The molecule has 1 heterocycles. The minimum absolute atomic E-state index is 0. The Morgan fingerprint density at radius 1 is 1.12 bits per heavy atom. The Morgan fingerprint density at radius 2 is 1.92 bits per heavy atom. The van der Waals surface area contributed by atoms with Crippen molar-refractivity contribution in [2.75, 3.05) is 19.6 Å². The van der Waals surface area contributed by atoms with Crippen molar-refractivity contribution in [2.24, 2.45) is 4.99 Å². The molecule has 6 nitrogen and oxygen atoms in total. The summed E-state index contributed by atoms with van der Waals surface area (Å²) >= 11 is 0. The van der Waals surface area contributed by atoms with Crippen LogP contribution < -0.4 is 16.0 Å². The van der Waals surface area contributed by atoms with Gasteiger partial charge < -0.3 is 16.0 Å². The van der Waals surface area contributed by atoms with Gasteiger partial charge in [-0.3, -0.25) is 9.78 Å². The maximum atomic E-state index is 11.9. The summed E-state index contributed by atoms with van der Waals surface area (Å²) in [5.41, 5.74) is 2.95. The Bertz CT molecular complexity index is 706. The van der Waals surface area contributed by atoms with E-state index in [-0.39, 0.29) is 29.9 Å². The lowest BCUT2D eigenvalue weighted by atomic mass is 10.1. The maximum absolute atomic E-state index is 11.9. The third kappa shape index (κ3) is 7.81. The molecule has 0 radical (unpaired) electrons. The van der Waals surface area contributed by atoms with Gasteiger partial charge in [0.1, 0.15) is 0 Å². The summed E-state index contributed by atoms with van der Waals surface area (Å²) in [5, 5.41) is 9.28. The largest absolute Gasteiger partial charge is 0.357 e. The Kier molecular flexibility index (Phi) is 10.3. The summed E-state index contributed by atoms with van der Waals surface area (Å²) in [6.45, 7) is 6.57. The van der Waals surface area contributed by atoms with E-state index in [1.165, 1.54) is 11.1 Å². The number of aromatic nitrogens is 1. The molecule has 2 rings (SSSR count). The lowest BCUT2D eigenvalue weighted by Gasteiger charge is -2.12. The predicted octanol–water partition coefficient (Wildman–Crippen LogP) is 2.49. The average molecular weight is 467 g/mol. The summed E-state index contributed by atoms with van der Waals surface area (Å²) in [6.07, 6.45) is 3.20. The molecule has 1 amide bonds. The van der Waals surface area contributed by atoms with Gasteiger partial charge in [-0.05, 0) is 31.5 Å². The van der Waals surface area contributed by atoms with Crippen molar-refractivity contribution in [1.82, 2.24) is 20.9 Å². The van der Waals surface area contributed by atoms with E-state index >= 15 is 0 Å². The van der Waals surface area contributed by atoms with Crippen LogP contribution in [-0.2, 0) is 6.54 Å².